The van der Waals surface area contributed by atoms with Crippen LogP contribution in [0.3, 0.4) is 0 Å². The van der Waals surface area contributed by atoms with Gasteiger partial charge in [0, 0.05) is 24.1 Å². The van der Waals surface area contributed by atoms with Crippen molar-refractivity contribution in [3.63, 3.8) is 0 Å². The number of hydrogen-bond acceptors (Lipinski definition) is 5. The first-order chi connectivity index (χ1) is 12.4. The molecule has 26 heavy (non-hydrogen) atoms. The third kappa shape index (κ3) is 4.63. The summed E-state index contributed by atoms with van der Waals surface area (Å²) in [5, 5.41) is 13.2. The van der Waals surface area contributed by atoms with E-state index in [0.29, 0.717) is 0 Å². The molecule has 0 saturated carbocycles. The lowest BCUT2D eigenvalue weighted by Gasteiger charge is -2.12. The predicted octanol–water partition coefficient (Wildman–Crippen LogP) is 2.02. The lowest BCUT2D eigenvalue weighted by Crippen LogP contribution is -2.41. The van der Waals surface area contributed by atoms with Gasteiger partial charge in [-0.25, -0.2) is 0 Å². The van der Waals surface area contributed by atoms with E-state index in [-0.39, 0.29) is 34.8 Å². The van der Waals surface area contributed by atoms with E-state index >= 15 is 0 Å². The Balaban J connectivity index is 2.14. The molecule has 0 heterocycles. The Morgan fingerprint density at radius 2 is 1.62 bits per heavy atom. The maximum absolute atomic E-state index is 12.3. The van der Waals surface area contributed by atoms with Crippen molar-refractivity contribution in [3.8, 4) is 0 Å². The van der Waals surface area contributed by atoms with Gasteiger partial charge in [0.05, 0.1) is 16.2 Å². The molecule has 0 unspecified atom stereocenters. The first-order valence-electron chi connectivity index (χ1n) is 7.66. The number of carbonyl (C=O) groups excluding carboxylic acids is 3. The second kappa shape index (κ2) is 8.38. The fraction of sp³-hybridized carbons (Fsp3) is 0.118. The average molecular weight is 356 g/mol. The summed E-state index contributed by atoms with van der Waals surface area (Å²) in [4.78, 5) is 45.8. The van der Waals surface area contributed by atoms with Gasteiger partial charge in [-0.1, -0.05) is 19.1 Å². The van der Waals surface area contributed by atoms with E-state index in [2.05, 4.69) is 16.2 Å². The van der Waals surface area contributed by atoms with Gasteiger partial charge in [-0.05, 0) is 24.3 Å². The van der Waals surface area contributed by atoms with Crippen LogP contribution in [-0.4, -0.2) is 22.6 Å². The van der Waals surface area contributed by atoms with Gasteiger partial charge in [0.25, 0.3) is 17.5 Å². The predicted molar refractivity (Wildman–Crippen MR) is 93.4 cm³/mol. The van der Waals surface area contributed by atoms with E-state index in [0.717, 1.165) is 0 Å². The Morgan fingerprint density at radius 1 is 0.962 bits per heavy atom. The monoisotopic (exact) mass is 356 g/mol. The number of rotatable bonds is 5. The van der Waals surface area contributed by atoms with Crippen LogP contribution >= 0.6 is 0 Å². The van der Waals surface area contributed by atoms with Crippen LogP contribution < -0.4 is 16.2 Å². The van der Waals surface area contributed by atoms with Crippen molar-refractivity contribution in [2.75, 3.05) is 5.32 Å². The summed E-state index contributed by atoms with van der Waals surface area (Å²) in [6, 6.07) is 11.3. The number of carbonyl (C=O) groups is 3. The van der Waals surface area contributed by atoms with Crippen LogP contribution in [0.5, 0.6) is 0 Å². The molecular weight excluding hydrogens is 340 g/mol. The standard InChI is InChI=1S/C17H16N4O5/c1-2-15(22)19-20-17(24)13-5-3-4-6-14(13)18-16(23)11-7-9-12(10-8-11)21(25)26/h3-10H,2H2,1H3,(H,18,23)(H,19,22)(H,20,24). The molecule has 0 bridgehead atoms. The number of nitrogens with zero attached hydrogens (tertiary/aromatic N) is 1. The maximum atomic E-state index is 12.3. The number of nitro benzene ring substituents is 1. The minimum absolute atomic E-state index is 0.131. The lowest BCUT2D eigenvalue weighted by atomic mass is 10.1. The first-order valence-corrected chi connectivity index (χ1v) is 7.66. The molecule has 0 aromatic heterocycles. The highest BCUT2D eigenvalue weighted by Crippen LogP contribution is 2.17. The van der Waals surface area contributed by atoms with Crippen molar-refractivity contribution in [2.45, 2.75) is 13.3 Å². The topological polar surface area (TPSA) is 130 Å². The minimum Gasteiger partial charge on any atom is -0.321 e. The van der Waals surface area contributed by atoms with E-state index in [1.54, 1.807) is 19.1 Å². The van der Waals surface area contributed by atoms with E-state index in [1.807, 2.05) is 0 Å². The number of para-hydroxylation sites is 1. The van der Waals surface area contributed by atoms with Gasteiger partial charge in [0.1, 0.15) is 0 Å². The molecule has 3 N–H and O–H groups in total. The van der Waals surface area contributed by atoms with Gasteiger partial charge >= 0.3 is 0 Å². The van der Waals surface area contributed by atoms with Crippen LogP contribution in [0.2, 0.25) is 0 Å². The van der Waals surface area contributed by atoms with Crippen LogP contribution in [-0.2, 0) is 4.79 Å². The highest BCUT2D eigenvalue weighted by atomic mass is 16.6. The Bertz CT molecular complexity index is 848. The molecule has 0 aliphatic carbocycles. The normalized spacial score (nSPS) is 9.88. The summed E-state index contributed by atoms with van der Waals surface area (Å²) in [6.07, 6.45) is 0.207. The summed E-state index contributed by atoms with van der Waals surface area (Å²) in [7, 11) is 0. The third-order valence-corrected chi connectivity index (χ3v) is 3.40. The third-order valence-electron chi connectivity index (χ3n) is 3.40. The molecule has 9 nitrogen and oxygen atoms in total. The number of hydrogen-bond donors (Lipinski definition) is 3. The Hall–Kier alpha value is -3.75. The second-order valence-corrected chi connectivity index (χ2v) is 5.16. The SMILES string of the molecule is CCC(=O)NNC(=O)c1ccccc1NC(=O)c1ccc([N+](=O)[O-])cc1. The summed E-state index contributed by atoms with van der Waals surface area (Å²) < 4.78 is 0. The van der Waals surface area contributed by atoms with Crippen LogP contribution in [0.1, 0.15) is 34.1 Å². The van der Waals surface area contributed by atoms with E-state index in [1.165, 1.54) is 36.4 Å². The summed E-state index contributed by atoms with van der Waals surface area (Å²) in [5.74, 6) is -1.48. The van der Waals surface area contributed by atoms with E-state index in [9.17, 15) is 24.5 Å². The molecule has 0 aliphatic heterocycles. The fourth-order valence-electron chi connectivity index (χ4n) is 2.00. The second-order valence-electron chi connectivity index (χ2n) is 5.16. The van der Waals surface area contributed by atoms with Gasteiger partial charge in [0.15, 0.2) is 0 Å². The number of amides is 3. The molecular formula is C17H16N4O5. The smallest absolute Gasteiger partial charge is 0.271 e. The summed E-state index contributed by atoms with van der Waals surface area (Å²) in [6.45, 7) is 1.64. The van der Waals surface area contributed by atoms with Crippen molar-refractivity contribution >= 4 is 29.1 Å². The zero-order valence-electron chi connectivity index (χ0n) is 13.8. The van der Waals surface area contributed by atoms with Crippen LogP contribution in [0.25, 0.3) is 0 Å². The first kappa shape index (κ1) is 18.6. The molecule has 2 aromatic carbocycles. The maximum Gasteiger partial charge on any atom is 0.271 e. The molecule has 9 heteroatoms. The number of hydrazine groups is 1. The fourth-order valence-corrected chi connectivity index (χ4v) is 2.00. The van der Waals surface area contributed by atoms with E-state index in [4.69, 9.17) is 0 Å². The quantitative estimate of drug-likeness (QED) is 0.557. The average Bonchev–Trinajstić information content (AvgIpc) is 2.66. The molecule has 0 saturated heterocycles. The summed E-state index contributed by atoms with van der Waals surface area (Å²) >= 11 is 0. The molecule has 2 aromatic rings. The Kier molecular flexibility index (Phi) is 5.99. The molecule has 0 fully saturated rings. The van der Waals surface area contributed by atoms with Crippen molar-refractivity contribution in [1.29, 1.82) is 0 Å². The van der Waals surface area contributed by atoms with Crippen molar-refractivity contribution < 1.29 is 19.3 Å². The highest BCUT2D eigenvalue weighted by Gasteiger charge is 2.15. The number of nitro groups is 1. The zero-order valence-corrected chi connectivity index (χ0v) is 13.8. The van der Waals surface area contributed by atoms with E-state index < -0.39 is 16.7 Å². The number of non-ortho nitro benzene ring substituents is 1. The largest absolute Gasteiger partial charge is 0.321 e. The Morgan fingerprint density at radius 3 is 2.23 bits per heavy atom. The van der Waals surface area contributed by atoms with Crippen LogP contribution in [0.15, 0.2) is 48.5 Å². The van der Waals surface area contributed by atoms with Gasteiger partial charge in [-0.3, -0.25) is 35.3 Å². The van der Waals surface area contributed by atoms with Crippen molar-refractivity contribution in [2.24, 2.45) is 0 Å². The lowest BCUT2D eigenvalue weighted by molar-refractivity contribution is -0.384. The van der Waals surface area contributed by atoms with Gasteiger partial charge in [0.2, 0.25) is 5.91 Å². The Labute approximate surface area is 148 Å². The molecule has 2 rings (SSSR count). The zero-order chi connectivity index (χ0) is 19.1. The molecule has 134 valence electrons. The van der Waals surface area contributed by atoms with Crippen molar-refractivity contribution in [1.82, 2.24) is 10.9 Å². The minimum atomic E-state index is -0.591. The van der Waals surface area contributed by atoms with Crippen molar-refractivity contribution in [3.05, 3.63) is 69.8 Å². The molecule has 3 amide bonds. The highest BCUT2D eigenvalue weighted by molar-refractivity contribution is 6.09. The van der Waals surface area contributed by atoms with Crippen LogP contribution in [0.4, 0.5) is 11.4 Å². The number of benzene rings is 2. The van der Waals surface area contributed by atoms with Gasteiger partial charge < -0.3 is 5.32 Å². The molecule has 0 radical (unpaired) electrons. The van der Waals surface area contributed by atoms with Crippen LogP contribution in [0, 0.1) is 10.1 Å². The summed E-state index contributed by atoms with van der Waals surface area (Å²) in [5.41, 5.74) is 4.96. The molecule has 0 spiro atoms. The number of nitrogens with one attached hydrogen (secondary N) is 3. The number of anilines is 1. The molecule has 0 aliphatic rings. The molecule has 0 atom stereocenters. The van der Waals surface area contributed by atoms with Gasteiger partial charge in [-0.2, -0.15) is 0 Å². The van der Waals surface area contributed by atoms with Gasteiger partial charge in [-0.15, -0.1) is 0 Å².